The molecule has 0 saturated carbocycles. The number of quaternary nitrogens is 1. The summed E-state index contributed by atoms with van der Waals surface area (Å²) in [6, 6.07) is 6.66. The van der Waals surface area contributed by atoms with Crippen molar-refractivity contribution in [1.82, 2.24) is 0 Å². The fraction of sp³-hybridized carbons (Fsp3) is 0.778. The Kier molecular flexibility index (Phi) is 14.1. The molecule has 0 aliphatic heterocycles. The van der Waals surface area contributed by atoms with Crippen LogP contribution in [0.15, 0.2) is 18.2 Å². The van der Waals surface area contributed by atoms with E-state index in [-0.39, 0.29) is 0 Å². The van der Waals surface area contributed by atoms with Gasteiger partial charge in [0.2, 0.25) is 0 Å². The lowest BCUT2D eigenvalue weighted by atomic mass is 10.0. The van der Waals surface area contributed by atoms with Gasteiger partial charge in [-0.1, -0.05) is 90.4 Å². The van der Waals surface area contributed by atoms with E-state index in [0.717, 1.165) is 23.4 Å². The monoisotopic (exact) mass is 404 g/mol. The van der Waals surface area contributed by atoms with Crippen LogP contribution in [0.1, 0.15) is 108 Å². The standard InChI is InChI=1S/C27H50NO/c1-6-7-8-9-10-11-12-13-14-15-16-17-18-19-22-29-27-21-20-26(23-25(27)2)24-28(3,4)5/h20-21,23H,6-19,22,24H2,1-5H3/q+1. The van der Waals surface area contributed by atoms with Gasteiger partial charge in [-0.05, 0) is 37.1 Å². The molecule has 0 aliphatic carbocycles. The number of unbranched alkanes of at least 4 members (excludes halogenated alkanes) is 13. The maximum atomic E-state index is 6.02. The highest BCUT2D eigenvalue weighted by atomic mass is 16.5. The quantitative estimate of drug-likeness (QED) is 0.177. The fourth-order valence-electron chi connectivity index (χ4n) is 4.00. The highest BCUT2D eigenvalue weighted by Gasteiger charge is 2.10. The first-order chi connectivity index (χ1) is 13.9. The normalized spacial score (nSPS) is 11.8. The summed E-state index contributed by atoms with van der Waals surface area (Å²) in [5.74, 6) is 1.06. The summed E-state index contributed by atoms with van der Waals surface area (Å²) in [6.07, 6.45) is 19.6. The van der Waals surface area contributed by atoms with E-state index >= 15 is 0 Å². The molecule has 2 heteroatoms. The Morgan fingerprint density at radius 1 is 0.690 bits per heavy atom. The minimum atomic E-state index is 0.855. The van der Waals surface area contributed by atoms with Crippen molar-refractivity contribution >= 4 is 0 Å². The molecule has 29 heavy (non-hydrogen) atoms. The molecule has 0 aliphatic rings. The van der Waals surface area contributed by atoms with E-state index in [1.54, 1.807) is 0 Å². The lowest BCUT2D eigenvalue weighted by Gasteiger charge is -2.24. The Hall–Kier alpha value is -1.02. The Morgan fingerprint density at radius 2 is 1.17 bits per heavy atom. The van der Waals surface area contributed by atoms with Crippen molar-refractivity contribution in [2.24, 2.45) is 0 Å². The van der Waals surface area contributed by atoms with Gasteiger partial charge in [0.25, 0.3) is 0 Å². The zero-order chi connectivity index (χ0) is 21.4. The Labute approximate surface area is 182 Å². The van der Waals surface area contributed by atoms with Gasteiger partial charge in [-0.3, -0.25) is 0 Å². The van der Waals surface area contributed by atoms with Crippen LogP contribution in [0.3, 0.4) is 0 Å². The molecule has 0 unspecified atom stereocenters. The third-order valence-electron chi connectivity index (χ3n) is 5.65. The summed E-state index contributed by atoms with van der Waals surface area (Å²) in [6.45, 7) is 6.37. The van der Waals surface area contributed by atoms with E-state index in [0.29, 0.717) is 0 Å². The van der Waals surface area contributed by atoms with Crippen LogP contribution in [0.2, 0.25) is 0 Å². The molecule has 0 spiro atoms. The van der Waals surface area contributed by atoms with Crippen LogP contribution in [0.4, 0.5) is 0 Å². The van der Waals surface area contributed by atoms with Gasteiger partial charge in [-0.2, -0.15) is 0 Å². The maximum absolute atomic E-state index is 6.02. The molecule has 0 amide bonds. The van der Waals surface area contributed by atoms with E-state index in [1.165, 1.54) is 101 Å². The summed E-state index contributed by atoms with van der Waals surface area (Å²) in [5.41, 5.74) is 2.65. The average molecular weight is 405 g/mol. The van der Waals surface area contributed by atoms with E-state index < -0.39 is 0 Å². The molecule has 0 radical (unpaired) electrons. The molecule has 0 saturated heterocycles. The number of benzene rings is 1. The number of aryl methyl sites for hydroxylation is 1. The topological polar surface area (TPSA) is 9.23 Å². The molecule has 1 aromatic rings. The van der Waals surface area contributed by atoms with E-state index in [1.807, 2.05) is 0 Å². The molecule has 2 nitrogen and oxygen atoms in total. The van der Waals surface area contributed by atoms with Gasteiger partial charge in [0.1, 0.15) is 12.3 Å². The summed E-state index contributed by atoms with van der Waals surface area (Å²) < 4.78 is 6.98. The molecular formula is C27H50NO+. The largest absolute Gasteiger partial charge is 0.493 e. The summed E-state index contributed by atoms with van der Waals surface area (Å²) in [5, 5.41) is 0. The van der Waals surface area contributed by atoms with Crippen molar-refractivity contribution in [2.75, 3.05) is 27.7 Å². The van der Waals surface area contributed by atoms with Crippen LogP contribution in [-0.4, -0.2) is 32.2 Å². The van der Waals surface area contributed by atoms with Gasteiger partial charge in [0, 0.05) is 5.56 Å². The molecular weight excluding hydrogens is 354 g/mol. The number of ether oxygens (including phenoxy) is 1. The summed E-state index contributed by atoms with van der Waals surface area (Å²) in [7, 11) is 6.69. The second-order valence-electron chi connectivity index (χ2n) is 9.99. The maximum Gasteiger partial charge on any atom is 0.122 e. The van der Waals surface area contributed by atoms with Crippen LogP contribution in [0.25, 0.3) is 0 Å². The molecule has 1 aromatic carbocycles. The van der Waals surface area contributed by atoms with E-state index in [4.69, 9.17) is 4.74 Å². The minimum Gasteiger partial charge on any atom is -0.493 e. The lowest BCUT2D eigenvalue weighted by molar-refractivity contribution is -0.884. The van der Waals surface area contributed by atoms with Crippen molar-refractivity contribution in [3.8, 4) is 5.75 Å². The van der Waals surface area contributed by atoms with Crippen LogP contribution >= 0.6 is 0 Å². The minimum absolute atomic E-state index is 0.855. The highest BCUT2D eigenvalue weighted by Crippen LogP contribution is 2.21. The Balaban J connectivity index is 1.96. The van der Waals surface area contributed by atoms with Crippen LogP contribution in [-0.2, 0) is 6.54 Å². The van der Waals surface area contributed by atoms with Crippen molar-refractivity contribution in [3.63, 3.8) is 0 Å². The van der Waals surface area contributed by atoms with Crippen molar-refractivity contribution in [2.45, 2.75) is 110 Å². The number of hydrogen-bond donors (Lipinski definition) is 0. The molecule has 168 valence electrons. The second kappa shape index (κ2) is 15.8. The number of rotatable bonds is 18. The van der Waals surface area contributed by atoms with Crippen LogP contribution in [0.5, 0.6) is 5.75 Å². The summed E-state index contributed by atoms with van der Waals surface area (Å²) in [4.78, 5) is 0. The van der Waals surface area contributed by atoms with Crippen molar-refractivity contribution < 1.29 is 9.22 Å². The first kappa shape index (κ1) is 26.0. The molecule has 0 aromatic heterocycles. The van der Waals surface area contributed by atoms with Gasteiger partial charge in [0.15, 0.2) is 0 Å². The SMILES string of the molecule is CCCCCCCCCCCCCCCCOc1ccc(C[N+](C)(C)C)cc1C. The van der Waals surface area contributed by atoms with E-state index in [9.17, 15) is 0 Å². The molecule has 1 rings (SSSR count). The first-order valence-corrected chi connectivity index (χ1v) is 12.4. The molecule has 0 N–H and O–H groups in total. The molecule has 0 heterocycles. The molecule has 0 fully saturated rings. The number of nitrogens with zero attached hydrogens (tertiary/aromatic N) is 1. The van der Waals surface area contributed by atoms with Crippen LogP contribution < -0.4 is 4.74 Å². The summed E-state index contributed by atoms with van der Waals surface area (Å²) >= 11 is 0. The third-order valence-corrected chi connectivity index (χ3v) is 5.65. The van der Waals surface area contributed by atoms with Gasteiger partial charge in [0.05, 0.1) is 27.7 Å². The zero-order valence-electron chi connectivity index (χ0n) is 20.4. The van der Waals surface area contributed by atoms with Gasteiger partial charge < -0.3 is 9.22 Å². The lowest BCUT2D eigenvalue weighted by Crippen LogP contribution is -2.33. The van der Waals surface area contributed by atoms with Crippen molar-refractivity contribution in [1.29, 1.82) is 0 Å². The van der Waals surface area contributed by atoms with Gasteiger partial charge in [-0.15, -0.1) is 0 Å². The Bertz CT molecular complexity index is 518. The first-order valence-electron chi connectivity index (χ1n) is 12.4. The highest BCUT2D eigenvalue weighted by molar-refractivity contribution is 5.35. The van der Waals surface area contributed by atoms with Gasteiger partial charge >= 0.3 is 0 Å². The predicted molar refractivity (Wildman–Crippen MR) is 129 cm³/mol. The van der Waals surface area contributed by atoms with Crippen LogP contribution in [0, 0.1) is 6.92 Å². The van der Waals surface area contributed by atoms with E-state index in [2.05, 4.69) is 53.2 Å². The number of hydrogen-bond acceptors (Lipinski definition) is 1. The zero-order valence-corrected chi connectivity index (χ0v) is 20.4. The predicted octanol–water partition coefficient (Wildman–Crippen LogP) is 8.06. The Morgan fingerprint density at radius 3 is 1.62 bits per heavy atom. The fourth-order valence-corrected chi connectivity index (χ4v) is 4.00. The average Bonchev–Trinajstić information content (AvgIpc) is 2.65. The third kappa shape index (κ3) is 14.6. The molecule has 0 atom stereocenters. The smallest absolute Gasteiger partial charge is 0.122 e. The molecule has 0 bridgehead atoms. The second-order valence-corrected chi connectivity index (χ2v) is 9.99. The van der Waals surface area contributed by atoms with Crippen molar-refractivity contribution in [3.05, 3.63) is 29.3 Å². The van der Waals surface area contributed by atoms with Gasteiger partial charge in [-0.25, -0.2) is 0 Å².